The molecule has 1 unspecified atom stereocenters. The van der Waals surface area contributed by atoms with Crippen LogP contribution in [0.4, 0.5) is 0 Å². The van der Waals surface area contributed by atoms with E-state index in [1.807, 2.05) is 22.9 Å². The van der Waals surface area contributed by atoms with Crippen molar-refractivity contribution >= 4 is 27.6 Å². The SMILES string of the molecule is OC1=CC=S(CCOCCSc2ccc(O)cc2)C=C1. The number of hydrogen-bond donors (Lipinski definition) is 2. The molecule has 0 aliphatic carbocycles. The van der Waals surface area contributed by atoms with Gasteiger partial charge in [-0.3, -0.25) is 0 Å². The highest BCUT2D eigenvalue weighted by Crippen LogP contribution is 2.21. The van der Waals surface area contributed by atoms with Gasteiger partial charge in [0.25, 0.3) is 0 Å². The summed E-state index contributed by atoms with van der Waals surface area (Å²) in [6.07, 6.45) is 3.48. The van der Waals surface area contributed by atoms with Crippen LogP contribution in [0.1, 0.15) is 0 Å². The van der Waals surface area contributed by atoms with Gasteiger partial charge < -0.3 is 14.9 Å². The number of aromatic hydroxyl groups is 1. The van der Waals surface area contributed by atoms with Gasteiger partial charge >= 0.3 is 0 Å². The van der Waals surface area contributed by atoms with E-state index in [4.69, 9.17) is 4.74 Å². The molecule has 108 valence electrons. The summed E-state index contributed by atoms with van der Waals surface area (Å²) in [5.41, 5.74) is 0. The molecule has 0 bridgehead atoms. The minimum absolute atomic E-state index is 0.0891. The van der Waals surface area contributed by atoms with E-state index >= 15 is 0 Å². The number of benzene rings is 1. The van der Waals surface area contributed by atoms with Crippen molar-refractivity contribution in [1.29, 1.82) is 0 Å². The number of phenolic OH excluding ortho intramolecular Hbond substituents is 1. The van der Waals surface area contributed by atoms with Gasteiger partial charge in [0.15, 0.2) is 0 Å². The van der Waals surface area contributed by atoms with Gasteiger partial charge in [0.05, 0.1) is 13.2 Å². The molecule has 0 radical (unpaired) electrons. The summed E-state index contributed by atoms with van der Waals surface area (Å²) < 4.78 is 5.61. The molecule has 3 nitrogen and oxygen atoms in total. The Morgan fingerprint density at radius 1 is 1.10 bits per heavy atom. The normalized spacial score (nSPS) is 17.6. The average molecular weight is 310 g/mol. The van der Waals surface area contributed by atoms with Crippen LogP contribution in [0.3, 0.4) is 0 Å². The van der Waals surface area contributed by atoms with E-state index in [2.05, 4.69) is 0 Å². The summed E-state index contributed by atoms with van der Waals surface area (Å²) in [5, 5.41) is 22.4. The van der Waals surface area contributed by atoms with Gasteiger partial charge in [-0.25, -0.2) is 0 Å². The van der Waals surface area contributed by atoms with Gasteiger partial charge in [0, 0.05) is 16.4 Å². The fourth-order valence-corrected chi connectivity index (χ4v) is 3.64. The molecule has 0 spiro atoms. The minimum Gasteiger partial charge on any atom is -0.508 e. The minimum atomic E-state index is 0.0891. The van der Waals surface area contributed by atoms with Crippen LogP contribution >= 0.6 is 22.2 Å². The molecule has 1 aliphatic heterocycles. The van der Waals surface area contributed by atoms with Crippen molar-refractivity contribution in [1.82, 2.24) is 0 Å². The maximum absolute atomic E-state index is 9.19. The largest absolute Gasteiger partial charge is 0.508 e. The van der Waals surface area contributed by atoms with Crippen LogP contribution < -0.4 is 0 Å². The Kier molecular flexibility index (Phi) is 6.24. The zero-order valence-corrected chi connectivity index (χ0v) is 12.7. The molecule has 2 N–H and O–H groups in total. The van der Waals surface area contributed by atoms with Crippen LogP contribution in [-0.4, -0.2) is 40.3 Å². The number of phenols is 1. The molecule has 1 heterocycles. The highest BCUT2D eigenvalue weighted by molar-refractivity contribution is 8.17. The van der Waals surface area contributed by atoms with Gasteiger partial charge in [0.1, 0.15) is 11.5 Å². The van der Waals surface area contributed by atoms with E-state index in [0.29, 0.717) is 18.1 Å². The number of ether oxygens (including phenoxy) is 1. The van der Waals surface area contributed by atoms with Crippen molar-refractivity contribution in [3.8, 4) is 5.75 Å². The number of aliphatic hydroxyl groups is 1. The Morgan fingerprint density at radius 2 is 1.90 bits per heavy atom. The molecule has 0 saturated carbocycles. The Morgan fingerprint density at radius 3 is 2.60 bits per heavy atom. The molecule has 20 heavy (non-hydrogen) atoms. The topological polar surface area (TPSA) is 49.7 Å². The molecular weight excluding hydrogens is 292 g/mol. The predicted molar refractivity (Wildman–Crippen MR) is 88.0 cm³/mol. The van der Waals surface area contributed by atoms with Crippen LogP contribution in [0.5, 0.6) is 5.75 Å². The van der Waals surface area contributed by atoms with Gasteiger partial charge in [0.2, 0.25) is 0 Å². The zero-order chi connectivity index (χ0) is 14.2. The average Bonchev–Trinajstić information content (AvgIpc) is 2.46. The highest BCUT2D eigenvalue weighted by atomic mass is 32.2. The molecule has 2 rings (SSSR count). The summed E-state index contributed by atoms with van der Waals surface area (Å²) in [6, 6.07) is 7.20. The van der Waals surface area contributed by atoms with E-state index in [1.165, 1.54) is 0 Å². The Bertz CT molecular complexity index is 518. The lowest BCUT2D eigenvalue weighted by molar-refractivity contribution is 0.167. The van der Waals surface area contributed by atoms with Gasteiger partial charge in [-0.15, -0.1) is 11.8 Å². The third kappa shape index (κ3) is 5.45. The smallest absolute Gasteiger partial charge is 0.116 e. The Hall–Kier alpha value is -1.17. The van der Waals surface area contributed by atoms with Gasteiger partial charge in [-0.2, -0.15) is 10.5 Å². The van der Waals surface area contributed by atoms with Gasteiger partial charge in [-0.1, -0.05) is 0 Å². The predicted octanol–water partition coefficient (Wildman–Crippen LogP) is 3.54. The van der Waals surface area contributed by atoms with Crippen molar-refractivity contribution < 1.29 is 14.9 Å². The highest BCUT2D eigenvalue weighted by Gasteiger charge is 1.98. The van der Waals surface area contributed by atoms with Crippen LogP contribution in [0.25, 0.3) is 0 Å². The lowest BCUT2D eigenvalue weighted by Gasteiger charge is -2.08. The second kappa shape index (κ2) is 8.19. The summed E-state index contributed by atoms with van der Waals surface area (Å²) in [4.78, 5) is 1.14. The third-order valence-electron chi connectivity index (χ3n) is 2.62. The van der Waals surface area contributed by atoms with Crippen molar-refractivity contribution in [3.63, 3.8) is 0 Å². The fourth-order valence-electron chi connectivity index (χ4n) is 1.57. The number of allylic oxidation sites excluding steroid dienone is 2. The lowest BCUT2D eigenvalue weighted by Crippen LogP contribution is -2.02. The molecule has 0 fully saturated rings. The summed E-state index contributed by atoms with van der Waals surface area (Å²) in [6.45, 7) is 1.45. The van der Waals surface area contributed by atoms with Crippen LogP contribution in [0.15, 0.2) is 52.5 Å². The Labute approximate surface area is 125 Å². The molecule has 1 aromatic rings. The summed E-state index contributed by atoms with van der Waals surface area (Å²) in [7, 11) is 0.0891. The monoisotopic (exact) mass is 310 g/mol. The van der Waals surface area contributed by atoms with E-state index in [1.54, 1.807) is 36.0 Å². The Balaban J connectivity index is 1.56. The quantitative estimate of drug-likeness (QED) is 0.459. The number of hydrogen-bond acceptors (Lipinski definition) is 4. The van der Waals surface area contributed by atoms with Crippen LogP contribution in [0, 0.1) is 0 Å². The van der Waals surface area contributed by atoms with Crippen LogP contribution in [0.2, 0.25) is 0 Å². The second-order valence-corrected chi connectivity index (χ2v) is 7.22. The first-order chi connectivity index (χ1) is 9.74. The molecule has 1 aliphatic rings. The maximum atomic E-state index is 9.19. The first kappa shape index (κ1) is 15.2. The van der Waals surface area contributed by atoms with E-state index < -0.39 is 0 Å². The van der Waals surface area contributed by atoms with Crippen molar-refractivity contribution in [2.75, 3.05) is 24.7 Å². The number of rotatable bonds is 7. The molecule has 5 heteroatoms. The second-order valence-electron chi connectivity index (χ2n) is 4.16. The molecule has 1 atom stereocenters. The molecule has 0 saturated heterocycles. The van der Waals surface area contributed by atoms with E-state index in [0.717, 1.165) is 23.0 Å². The lowest BCUT2D eigenvalue weighted by atomic mass is 10.3. The van der Waals surface area contributed by atoms with Crippen LogP contribution in [-0.2, 0) is 4.74 Å². The van der Waals surface area contributed by atoms with Crippen molar-refractivity contribution in [3.05, 3.63) is 47.6 Å². The fraction of sp³-hybridized carbons (Fsp3) is 0.267. The first-order valence-electron chi connectivity index (χ1n) is 6.34. The number of aliphatic hydroxyl groups excluding tert-OH is 1. The first-order valence-corrected chi connectivity index (χ1v) is 8.85. The standard InChI is InChI=1S/C15H18O3S2/c16-13-1-3-15(4-2-13)19-9-7-18-8-12-20-10-5-14(17)6-11-20/h1-6,10-11,16-17H,7-9,12H2. The number of thioether (sulfide) groups is 1. The summed E-state index contributed by atoms with van der Waals surface area (Å²) in [5.74, 6) is 2.48. The van der Waals surface area contributed by atoms with E-state index in [-0.39, 0.29) is 10.5 Å². The maximum Gasteiger partial charge on any atom is 0.116 e. The molecule has 0 aromatic heterocycles. The third-order valence-corrected chi connectivity index (χ3v) is 5.21. The summed E-state index contributed by atoms with van der Waals surface area (Å²) >= 11 is 1.72. The van der Waals surface area contributed by atoms with Gasteiger partial charge in [-0.05, 0) is 47.2 Å². The zero-order valence-electron chi connectivity index (χ0n) is 11.1. The molecule has 1 aromatic carbocycles. The van der Waals surface area contributed by atoms with Crippen molar-refractivity contribution in [2.24, 2.45) is 0 Å². The van der Waals surface area contributed by atoms with Crippen molar-refractivity contribution in [2.45, 2.75) is 4.90 Å². The molecular formula is C15H18O3S2. The van der Waals surface area contributed by atoms with E-state index in [9.17, 15) is 10.2 Å². The molecule has 0 amide bonds.